The fourth-order valence-corrected chi connectivity index (χ4v) is 2.00. The summed E-state index contributed by atoms with van der Waals surface area (Å²) >= 11 is 5.92. The summed E-state index contributed by atoms with van der Waals surface area (Å²) in [4.78, 5) is 14.8. The molecular formula is C12H7ClN2O. The maximum absolute atomic E-state index is 10.7. The topological polar surface area (TPSA) is 34.4 Å². The van der Waals surface area contributed by atoms with Crippen molar-refractivity contribution in [2.75, 3.05) is 0 Å². The average Bonchev–Trinajstić information content (AvgIpc) is 2.71. The normalized spacial score (nSPS) is 11.1. The van der Waals surface area contributed by atoms with Gasteiger partial charge in [-0.1, -0.05) is 11.6 Å². The van der Waals surface area contributed by atoms with Crippen molar-refractivity contribution >= 4 is 34.4 Å². The van der Waals surface area contributed by atoms with Crippen LogP contribution in [0, 0.1) is 0 Å². The maximum atomic E-state index is 10.7. The van der Waals surface area contributed by atoms with Gasteiger partial charge in [-0.2, -0.15) is 0 Å². The summed E-state index contributed by atoms with van der Waals surface area (Å²) in [6, 6.07) is 9.44. The molecule has 3 nitrogen and oxygen atoms in total. The van der Waals surface area contributed by atoms with Crippen molar-refractivity contribution in [3.05, 3.63) is 47.2 Å². The summed E-state index contributed by atoms with van der Waals surface area (Å²) in [6.45, 7) is 0. The molecule has 1 aromatic carbocycles. The molecule has 3 aromatic rings. The summed E-state index contributed by atoms with van der Waals surface area (Å²) in [5.74, 6) is 0. The van der Waals surface area contributed by atoms with Crippen molar-refractivity contribution < 1.29 is 4.79 Å². The van der Waals surface area contributed by atoms with Crippen LogP contribution in [-0.2, 0) is 0 Å². The number of benzene rings is 1. The lowest BCUT2D eigenvalue weighted by atomic mass is 10.2. The van der Waals surface area contributed by atoms with Gasteiger partial charge >= 0.3 is 0 Å². The molecule has 0 spiro atoms. The molecule has 4 heteroatoms. The summed E-state index contributed by atoms with van der Waals surface area (Å²) in [5, 5.41) is 1.72. The SMILES string of the molecule is O=Cc1cn2c(ccc3cc(Cl)ccc32)n1. The molecule has 0 aliphatic carbocycles. The van der Waals surface area contributed by atoms with Crippen molar-refractivity contribution in [2.45, 2.75) is 0 Å². The Morgan fingerprint density at radius 2 is 2.12 bits per heavy atom. The monoisotopic (exact) mass is 230 g/mol. The van der Waals surface area contributed by atoms with Crippen LogP contribution in [-0.4, -0.2) is 15.7 Å². The van der Waals surface area contributed by atoms with Crippen molar-refractivity contribution in [1.82, 2.24) is 9.38 Å². The summed E-state index contributed by atoms with van der Waals surface area (Å²) in [6.07, 6.45) is 2.47. The van der Waals surface area contributed by atoms with Crippen LogP contribution in [0.4, 0.5) is 0 Å². The van der Waals surface area contributed by atoms with E-state index in [1.165, 1.54) is 0 Å². The van der Waals surface area contributed by atoms with Gasteiger partial charge in [-0.05, 0) is 30.3 Å². The van der Waals surface area contributed by atoms with E-state index in [9.17, 15) is 4.79 Å². The second kappa shape index (κ2) is 3.32. The highest BCUT2D eigenvalue weighted by atomic mass is 35.5. The second-order valence-corrected chi connectivity index (χ2v) is 3.98. The lowest BCUT2D eigenvalue weighted by molar-refractivity contribution is 0.111. The third-order valence-electron chi connectivity index (χ3n) is 2.53. The fourth-order valence-electron chi connectivity index (χ4n) is 1.82. The smallest absolute Gasteiger partial charge is 0.170 e. The Hall–Kier alpha value is -1.87. The lowest BCUT2D eigenvalue weighted by Crippen LogP contribution is -1.85. The molecule has 3 rings (SSSR count). The Kier molecular flexibility index (Phi) is 1.94. The number of hydrogen-bond donors (Lipinski definition) is 0. The number of pyridine rings is 1. The van der Waals surface area contributed by atoms with E-state index in [2.05, 4.69) is 4.98 Å². The quantitative estimate of drug-likeness (QED) is 0.603. The van der Waals surface area contributed by atoms with E-state index in [4.69, 9.17) is 11.6 Å². The van der Waals surface area contributed by atoms with E-state index in [0.29, 0.717) is 10.7 Å². The minimum Gasteiger partial charge on any atom is -0.299 e. The summed E-state index contributed by atoms with van der Waals surface area (Å²) < 4.78 is 1.88. The molecule has 0 unspecified atom stereocenters. The standard InChI is InChI=1S/C12H7ClN2O/c13-9-2-3-11-8(5-9)1-4-12-14-10(7-16)6-15(11)12/h1-7H. The molecular weight excluding hydrogens is 224 g/mol. The zero-order chi connectivity index (χ0) is 11.1. The summed E-state index contributed by atoms with van der Waals surface area (Å²) in [5.41, 5.74) is 2.18. The number of carbonyl (C=O) groups is 1. The molecule has 0 bridgehead atoms. The van der Waals surface area contributed by atoms with Gasteiger partial charge in [0, 0.05) is 16.6 Å². The number of hydrogen-bond acceptors (Lipinski definition) is 2. The molecule has 0 N–H and O–H groups in total. The number of aldehydes is 1. The predicted molar refractivity (Wildman–Crippen MR) is 63.1 cm³/mol. The van der Waals surface area contributed by atoms with E-state index in [-0.39, 0.29) is 0 Å². The molecule has 0 amide bonds. The van der Waals surface area contributed by atoms with E-state index in [1.807, 2.05) is 34.7 Å². The number of aromatic nitrogens is 2. The summed E-state index contributed by atoms with van der Waals surface area (Å²) in [7, 11) is 0. The Morgan fingerprint density at radius 3 is 2.94 bits per heavy atom. The molecule has 2 heterocycles. The van der Waals surface area contributed by atoms with Crippen LogP contribution in [0.2, 0.25) is 5.02 Å². The Bertz CT molecular complexity index is 703. The van der Waals surface area contributed by atoms with Gasteiger partial charge in [0.2, 0.25) is 0 Å². The number of imidazole rings is 1. The van der Waals surface area contributed by atoms with Gasteiger partial charge in [0.25, 0.3) is 0 Å². The first-order chi connectivity index (χ1) is 7.78. The average molecular weight is 231 g/mol. The van der Waals surface area contributed by atoms with Crippen LogP contribution in [0.5, 0.6) is 0 Å². The molecule has 0 aliphatic rings. The van der Waals surface area contributed by atoms with Gasteiger partial charge < -0.3 is 0 Å². The Labute approximate surface area is 96.3 Å². The van der Waals surface area contributed by atoms with Crippen LogP contribution in [0.3, 0.4) is 0 Å². The zero-order valence-corrected chi connectivity index (χ0v) is 8.98. The molecule has 78 valence electrons. The minimum absolute atomic E-state index is 0.433. The van der Waals surface area contributed by atoms with Gasteiger partial charge in [0.1, 0.15) is 11.3 Å². The highest BCUT2D eigenvalue weighted by Crippen LogP contribution is 2.21. The van der Waals surface area contributed by atoms with Crippen molar-refractivity contribution in [3.63, 3.8) is 0 Å². The van der Waals surface area contributed by atoms with Gasteiger partial charge in [-0.3, -0.25) is 9.20 Å². The van der Waals surface area contributed by atoms with E-state index in [0.717, 1.165) is 22.8 Å². The van der Waals surface area contributed by atoms with Gasteiger partial charge in [0.05, 0.1) is 5.52 Å². The van der Waals surface area contributed by atoms with Crippen LogP contribution in [0.25, 0.3) is 16.6 Å². The van der Waals surface area contributed by atoms with Crippen molar-refractivity contribution in [3.8, 4) is 0 Å². The van der Waals surface area contributed by atoms with Crippen LogP contribution in [0.1, 0.15) is 10.5 Å². The highest BCUT2D eigenvalue weighted by molar-refractivity contribution is 6.31. The Balaban J connectivity index is 2.48. The first kappa shape index (κ1) is 9.36. The molecule has 0 saturated heterocycles. The number of carbonyl (C=O) groups excluding carboxylic acids is 1. The first-order valence-corrected chi connectivity index (χ1v) is 5.18. The zero-order valence-electron chi connectivity index (χ0n) is 8.22. The minimum atomic E-state index is 0.433. The predicted octanol–water partition coefficient (Wildman–Crippen LogP) is 2.95. The second-order valence-electron chi connectivity index (χ2n) is 3.55. The lowest BCUT2D eigenvalue weighted by Gasteiger charge is -2.01. The van der Waals surface area contributed by atoms with E-state index >= 15 is 0 Å². The maximum Gasteiger partial charge on any atom is 0.170 e. The highest BCUT2D eigenvalue weighted by Gasteiger charge is 2.04. The number of fused-ring (bicyclic) bond motifs is 3. The van der Waals surface area contributed by atoms with Crippen LogP contribution in [0.15, 0.2) is 36.5 Å². The molecule has 0 radical (unpaired) electrons. The van der Waals surface area contributed by atoms with E-state index in [1.54, 1.807) is 6.20 Å². The molecule has 0 atom stereocenters. The van der Waals surface area contributed by atoms with Gasteiger partial charge in [-0.15, -0.1) is 0 Å². The van der Waals surface area contributed by atoms with Gasteiger partial charge in [0.15, 0.2) is 6.29 Å². The number of halogens is 1. The molecule has 2 aromatic heterocycles. The number of nitrogens with zero attached hydrogens (tertiary/aromatic N) is 2. The van der Waals surface area contributed by atoms with Crippen LogP contribution < -0.4 is 0 Å². The largest absolute Gasteiger partial charge is 0.299 e. The van der Waals surface area contributed by atoms with E-state index < -0.39 is 0 Å². The number of rotatable bonds is 1. The van der Waals surface area contributed by atoms with Crippen molar-refractivity contribution in [2.24, 2.45) is 0 Å². The van der Waals surface area contributed by atoms with Crippen LogP contribution >= 0.6 is 11.6 Å². The Morgan fingerprint density at radius 1 is 1.25 bits per heavy atom. The van der Waals surface area contributed by atoms with Crippen molar-refractivity contribution in [1.29, 1.82) is 0 Å². The third kappa shape index (κ3) is 1.29. The molecule has 0 fully saturated rings. The molecule has 0 saturated carbocycles. The third-order valence-corrected chi connectivity index (χ3v) is 2.77. The van der Waals surface area contributed by atoms with Gasteiger partial charge in [-0.25, -0.2) is 4.98 Å². The molecule has 0 aliphatic heterocycles. The molecule has 16 heavy (non-hydrogen) atoms. The fraction of sp³-hybridized carbons (Fsp3) is 0. The first-order valence-electron chi connectivity index (χ1n) is 4.80.